The quantitative estimate of drug-likeness (QED) is 0.810. The Labute approximate surface area is 150 Å². The topological polar surface area (TPSA) is 38.8 Å². The Morgan fingerprint density at radius 2 is 1.76 bits per heavy atom. The third-order valence-electron chi connectivity index (χ3n) is 4.90. The van der Waals surface area contributed by atoms with Crippen molar-refractivity contribution < 1.29 is 14.3 Å². The van der Waals surface area contributed by atoms with Gasteiger partial charge in [-0.3, -0.25) is 4.79 Å². The molecule has 2 aliphatic rings. The summed E-state index contributed by atoms with van der Waals surface area (Å²) in [5, 5.41) is 0. The molecule has 0 saturated carbocycles. The second kappa shape index (κ2) is 6.58. The first-order valence-electron chi connectivity index (χ1n) is 8.86. The zero-order valence-corrected chi connectivity index (χ0v) is 15.8. The molecule has 0 aromatic heterocycles. The number of hydrogen-bond acceptors (Lipinski definition) is 3. The normalized spacial score (nSPS) is 23.1. The number of carbonyl (C=O) groups excluding carboxylic acids is 1. The van der Waals surface area contributed by atoms with E-state index in [-0.39, 0.29) is 17.2 Å². The van der Waals surface area contributed by atoms with Crippen LogP contribution >= 0.6 is 0 Å². The predicted molar refractivity (Wildman–Crippen MR) is 99.3 cm³/mol. The summed E-state index contributed by atoms with van der Waals surface area (Å²) in [5.74, 6) is 1.51. The van der Waals surface area contributed by atoms with Crippen LogP contribution < -0.4 is 4.90 Å². The maximum Gasteiger partial charge on any atom is 0.234 e. The summed E-state index contributed by atoms with van der Waals surface area (Å²) in [6.07, 6.45) is 1.97. The average molecular weight is 341 g/mol. The van der Waals surface area contributed by atoms with E-state index in [0.717, 1.165) is 22.8 Å². The first-order valence-corrected chi connectivity index (χ1v) is 8.86. The van der Waals surface area contributed by atoms with E-state index in [4.69, 9.17) is 9.47 Å². The van der Waals surface area contributed by atoms with E-state index in [1.165, 1.54) is 5.56 Å². The van der Waals surface area contributed by atoms with E-state index < -0.39 is 0 Å². The molecule has 0 radical (unpaired) electrons. The highest BCUT2D eigenvalue weighted by Gasteiger charge is 2.34. The largest absolute Gasteiger partial charge is 0.491 e. The molecule has 1 aromatic carbocycles. The lowest BCUT2D eigenvalue weighted by Crippen LogP contribution is -2.26. The van der Waals surface area contributed by atoms with Crippen molar-refractivity contribution in [2.45, 2.75) is 40.0 Å². The lowest BCUT2D eigenvalue weighted by Gasteiger charge is -2.21. The Balaban J connectivity index is 1.84. The number of nitrogens with zero attached hydrogens (tertiary/aromatic N) is 1. The van der Waals surface area contributed by atoms with E-state index in [9.17, 15) is 4.79 Å². The van der Waals surface area contributed by atoms with E-state index in [0.29, 0.717) is 19.8 Å². The van der Waals surface area contributed by atoms with Crippen LogP contribution in [0.4, 0.5) is 5.69 Å². The van der Waals surface area contributed by atoms with Crippen LogP contribution in [-0.2, 0) is 19.7 Å². The minimum Gasteiger partial charge on any atom is -0.491 e. The van der Waals surface area contributed by atoms with Crippen molar-refractivity contribution in [3.05, 3.63) is 53.0 Å². The maximum atomic E-state index is 12.7. The summed E-state index contributed by atoms with van der Waals surface area (Å²) in [4.78, 5) is 14.6. The van der Waals surface area contributed by atoms with Crippen LogP contribution in [0, 0.1) is 5.92 Å². The van der Waals surface area contributed by atoms with Crippen LogP contribution in [0.25, 0.3) is 0 Å². The molecular formula is C21H27NO3. The van der Waals surface area contributed by atoms with Gasteiger partial charge in [0, 0.05) is 12.2 Å². The summed E-state index contributed by atoms with van der Waals surface area (Å²) >= 11 is 0. The van der Waals surface area contributed by atoms with E-state index >= 15 is 0 Å². The Kier molecular flexibility index (Phi) is 4.63. The van der Waals surface area contributed by atoms with Crippen molar-refractivity contribution in [3.63, 3.8) is 0 Å². The van der Waals surface area contributed by atoms with Gasteiger partial charge in [0.15, 0.2) is 5.76 Å². The van der Waals surface area contributed by atoms with Crippen molar-refractivity contribution in [1.82, 2.24) is 0 Å². The molecule has 2 heterocycles. The number of rotatable bonds is 2. The molecule has 1 atom stereocenters. The van der Waals surface area contributed by atoms with Crippen LogP contribution in [-0.4, -0.2) is 25.7 Å². The second-order valence-corrected chi connectivity index (χ2v) is 7.78. The van der Waals surface area contributed by atoms with E-state index in [1.807, 2.05) is 37.0 Å². The molecule has 4 heteroatoms. The van der Waals surface area contributed by atoms with Gasteiger partial charge in [0.1, 0.15) is 19.0 Å². The number of carbonyl (C=O) groups is 1. The Hall–Kier alpha value is -2.23. The van der Waals surface area contributed by atoms with Gasteiger partial charge >= 0.3 is 0 Å². The highest BCUT2D eigenvalue weighted by molar-refractivity contribution is 6.00. The zero-order valence-electron chi connectivity index (χ0n) is 15.8. The molecule has 0 N–H and O–H groups in total. The second-order valence-electron chi connectivity index (χ2n) is 7.78. The van der Waals surface area contributed by atoms with Gasteiger partial charge in [0.2, 0.25) is 5.91 Å². The van der Waals surface area contributed by atoms with Crippen LogP contribution in [0.1, 0.15) is 40.2 Å². The minimum atomic E-state index is -0.145. The van der Waals surface area contributed by atoms with Crippen LogP contribution in [0.2, 0.25) is 0 Å². The fraction of sp³-hybridized carbons (Fsp3) is 0.476. The molecule has 134 valence electrons. The molecular weight excluding hydrogens is 314 g/mol. The molecule has 0 spiro atoms. The molecule has 1 fully saturated rings. The van der Waals surface area contributed by atoms with Crippen molar-refractivity contribution in [2.24, 2.45) is 5.92 Å². The molecule has 1 saturated heterocycles. The Morgan fingerprint density at radius 3 is 2.36 bits per heavy atom. The highest BCUT2D eigenvalue weighted by atomic mass is 16.6. The fourth-order valence-corrected chi connectivity index (χ4v) is 3.15. The van der Waals surface area contributed by atoms with Crippen molar-refractivity contribution in [1.29, 1.82) is 0 Å². The van der Waals surface area contributed by atoms with Gasteiger partial charge in [-0.2, -0.15) is 0 Å². The molecule has 1 aromatic rings. The van der Waals surface area contributed by atoms with Crippen molar-refractivity contribution >= 4 is 11.6 Å². The third kappa shape index (κ3) is 3.58. The maximum absolute atomic E-state index is 12.7. The number of hydrogen-bond donors (Lipinski definition) is 0. The minimum absolute atomic E-state index is 0.105. The summed E-state index contributed by atoms with van der Waals surface area (Å²) in [6.45, 7) is 12.1. The standard InChI is InChI=1S/C21H27NO3/c1-14-16(12-19-15(2)24-10-11-25-19)13-22(20(14)23)18-8-6-17(7-9-18)21(3,4)5/h6-9,12,14H,10-11,13H2,1-5H3/b16-12-. The molecule has 1 amide bonds. The lowest BCUT2D eigenvalue weighted by atomic mass is 9.87. The van der Waals surface area contributed by atoms with E-state index in [1.54, 1.807) is 0 Å². The molecule has 0 bridgehead atoms. The van der Waals surface area contributed by atoms with Crippen LogP contribution in [0.15, 0.2) is 47.4 Å². The highest BCUT2D eigenvalue weighted by Crippen LogP contribution is 2.32. The Bertz CT molecular complexity index is 723. The van der Waals surface area contributed by atoms with Gasteiger partial charge in [-0.05, 0) is 48.6 Å². The molecule has 25 heavy (non-hydrogen) atoms. The van der Waals surface area contributed by atoms with Gasteiger partial charge < -0.3 is 14.4 Å². The van der Waals surface area contributed by atoms with Gasteiger partial charge in [-0.15, -0.1) is 0 Å². The number of benzene rings is 1. The van der Waals surface area contributed by atoms with Gasteiger partial charge in [0.05, 0.1) is 5.92 Å². The lowest BCUT2D eigenvalue weighted by molar-refractivity contribution is -0.119. The van der Waals surface area contributed by atoms with Crippen LogP contribution in [0.3, 0.4) is 0 Å². The molecule has 4 nitrogen and oxygen atoms in total. The van der Waals surface area contributed by atoms with Gasteiger partial charge in [-0.25, -0.2) is 0 Å². The summed E-state index contributed by atoms with van der Waals surface area (Å²) < 4.78 is 11.2. The third-order valence-corrected chi connectivity index (χ3v) is 4.90. The molecule has 1 unspecified atom stereocenters. The first-order chi connectivity index (χ1) is 11.8. The SMILES string of the molecule is CC1=C(/C=C2/CN(c3ccc(C(C)(C)C)cc3)C(=O)C2C)OCCO1. The monoisotopic (exact) mass is 341 g/mol. The van der Waals surface area contributed by atoms with Crippen LogP contribution in [0.5, 0.6) is 0 Å². The molecule has 0 aliphatic carbocycles. The van der Waals surface area contributed by atoms with Gasteiger partial charge in [0.25, 0.3) is 0 Å². The first kappa shape index (κ1) is 17.6. The average Bonchev–Trinajstić information content (AvgIpc) is 2.85. The zero-order chi connectivity index (χ0) is 18.2. The molecule has 2 aliphatic heterocycles. The molecule has 3 rings (SSSR count). The van der Waals surface area contributed by atoms with E-state index in [2.05, 4.69) is 32.9 Å². The van der Waals surface area contributed by atoms with Crippen molar-refractivity contribution in [2.75, 3.05) is 24.7 Å². The fourth-order valence-electron chi connectivity index (χ4n) is 3.15. The summed E-state index contributed by atoms with van der Waals surface area (Å²) in [6, 6.07) is 8.30. The van der Waals surface area contributed by atoms with Crippen molar-refractivity contribution in [3.8, 4) is 0 Å². The summed E-state index contributed by atoms with van der Waals surface area (Å²) in [5.41, 5.74) is 3.37. The number of amides is 1. The van der Waals surface area contributed by atoms with Gasteiger partial charge in [-0.1, -0.05) is 32.9 Å². The smallest absolute Gasteiger partial charge is 0.234 e. The predicted octanol–water partition coefficient (Wildman–Crippen LogP) is 4.17. The number of ether oxygens (including phenoxy) is 2. The summed E-state index contributed by atoms with van der Waals surface area (Å²) in [7, 11) is 0. The Morgan fingerprint density at radius 1 is 1.12 bits per heavy atom. The number of anilines is 1. The number of allylic oxidation sites excluding steroid dienone is 2.